The van der Waals surface area contributed by atoms with E-state index in [0.717, 1.165) is 17.7 Å². The zero-order valence-corrected chi connectivity index (χ0v) is 14.8. The first kappa shape index (κ1) is 18.7. The lowest BCUT2D eigenvalue weighted by Gasteiger charge is -2.08. The maximum Gasteiger partial charge on any atom is 0.243 e. The predicted octanol–water partition coefficient (Wildman–Crippen LogP) is 3.72. The van der Waals surface area contributed by atoms with Crippen LogP contribution in [0.4, 0.5) is 5.69 Å². The molecule has 0 unspecified atom stereocenters. The van der Waals surface area contributed by atoms with E-state index in [1.165, 1.54) is 24.8 Å². The number of hydrogen-bond donors (Lipinski definition) is 2. The van der Waals surface area contributed by atoms with Crippen molar-refractivity contribution in [3.8, 4) is 0 Å². The highest BCUT2D eigenvalue weighted by Gasteiger charge is 2.07. The summed E-state index contributed by atoms with van der Waals surface area (Å²) in [6.07, 6.45) is 4.99. The second kappa shape index (κ2) is 10.3. The molecule has 0 bridgehead atoms. The summed E-state index contributed by atoms with van der Waals surface area (Å²) in [7, 11) is 0. The minimum absolute atomic E-state index is 0.0239. The summed E-state index contributed by atoms with van der Waals surface area (Å²) < 4.78 is 0. The zero-order chi connectivity index (χ0) is 17.9. The van der Waals surface area contributed by atoms with E-state index in [1.807, 2.05) is 54.6 Å². The lowest BCUT2D eigenvalue weighted by Crippen LogP contribution is -2.33. The monoisotopic (exact) mass is 338 g/mol. The van der Waals surface area contributed by atoms with Gasteiger partial charge in [-0.3, -0.25) is 9.59 Å². The molecular formula is C21H26N2O2. The maximum absolute atomic E-state index is 11.9. The predicted molar refractivity (Wildman–Crippen MR) is 101 cm³/mol. The van der Waals surface area contributed by atoms with E-state index in [0.29, 0.717) is 0 Å². The number of nitrogens with one attached hydrogen (secondary N) is 2. The largest absolute Gasteiger partial charge is 0.347 e. The van der Waals surface area contributed by atoms with E-state index >= 15 is 0 Å². The van der Waals surface area contributed by atoms with Crippen molar-refractivity contribution in [1.29, 1.82) is 0 Å². The van der Waals surface area contributed by atoms with Crippen molar-refractivity contribution in [2.45, 2.75) is 39.0 Å². The number of unbranched alkanes of at least 4 members (excludes halogenated alkanes) is 2. The third kappa shape index (κ3) is 7.21. The van der Waals surface area contributed by atoms with E-state index in [9.17, 15) is 9.59 Å². The van der Waals surface area contributed by atoms with Gasteiger partial charge in [-0.1, -0.05) is 62.2 Å². The van der Waals surface area contributed by atoms with Gasteiger partial charge < -0.3 is 10.6 Å². The molecule has 25 heavy (non-hydrogen) atoms. The van der Waals surface area contributed by atoms with Crippen molar-refractivity contribution in [2.24, 2.45) is 0 Å². The van der Waals surface area contributed by atoms with Crippen LogP contribution in [0, 0.1) is 0 Å². The van der Waals surface area contributed by atoms with Gasteiger partial charge in [-0.25, -0.2) is 0 Å². The smallest absolute Gasteiger partial charge is 0.243 e. The number of carbonyl (C=O) groups excluding carboxylic acids is 2. The van der Waals surface area contributed by atoms with Crippen molar-refractivity contribution >= 4 is 17.5 Å². The minimum atomic E-state index is -0.222. The van der Waals surface area contributed by atoms with Gasteiger partial charge in [-0.2, -0.15) is 0 Å². The molecule has 0 radical (unpaired) electrons. The Bertz CT molecular complexity index is 666. The molecule has 4 nitrogen and oxygen atoms in total. The van der Waals surface area contributed by atoms with Gasteiger partial charge in [0.15, 0.2) is 0 Å². The third-order valence-corrected chi connectivity index (χ3v) is 3.96. The number of anilines is 1. The first-order valence-corrected chi connectivity index (χ1v) is 8.87. The fourth-order valence-electron chi connectivity index (χ4n) is 2.56. The Morgan fingerprint density at radius 2 is 1.56 bits per heavy atom. The first-order chi connectivity index (χ1) is 12.2. The third-order valence-electron chi connectivity index (χ3n) is 3.96. The second-order valence-corrected chi connectivity index (χ2v) is 6.14. The van der Waals surface area contributed by atoms with Crippen LogP contribution < -0.4 is 10.6 Å². The molecule has 0 saturated heterocycles. The minimum Gasteiger partial charge on any atom is -0.347 e. The number of benzene rings is 2. The molecule has 2 amide bonds. The van der Waals surface area contributed by atoms with Crippen LogP contribution in [-0.4, -0.2) is 18.4 Å². The van der Waals surface area contributed by atoms with E-state index in [-0.39, 0.29) is 24.8 Å². The summed E-state index contributed by atoms with van der Waals surface area (Å²) in [5, 5.41) is 5.45. The van der Waals surface area contributed by atoms with Crippen LogP contribution in [0.3, 0.4) is 0 Å². The fraction of sp³-hybridized carbons (Fsp3) is 0.333. The van der Waals surface area contributed by atoms with Crippen molar-refractivity contribution in [2.75, 3.05) is 11.9 Å². The van der Waals surface area contributed by atoms with Crippen LogP contribution in [0.1, 0.15) is 37.3 Å². The Hall–Kier alpha value is -2.62. The van der Waals surface area contributed by atoms with E-state index in [2.05, 4.69) is 17.6 Å². The summed E-state index contributed by atoms with van der Waals surface area (Å²) in [4.78, 5) is 23.8. The topological polar surface area (TPSA) is 58.2 Å². The second-order valence-electron chi connectivity index (χ2n) is 6.14. The summed E-state index contributed by atoms with van der Waals surface area (Å²) in [5.41, 5.74) is 2.96. The Morgan fingerprint density at radius 3 is 2.24 bits per heavy atom. The molecule has 0 aliphatic heterocycles. The quantitative estimate of drug-likeness (QED) is 0.685. The summed E-state index contributed by atoms with van der Waals surface area (Å²) in [6.45, 7) is 2.17. The zero-order valence-electron chi connectivity index (χ0n) is 14.8. The molecule has 2 rings (SSSR count). The molecule has 0 atom stereocenters. The van der Waals surface area contributed by atoms with Gasteiger partial charge in [0.25, 0.3) is 0 Å². The molecule has 0 aliphatic rings. The first-order valence-electron chi connectivity index (χ1n) is 8.87. The molecule has 0 spiro atoms. The lowest BCUT2D eigenvalue weighted by molar-refractivity contribution is -0.123. The number of hydrogen-bond acceptors (Lipinski definition) is 2. The van der Waals surface area contributed by atoms with Gasteiger partial charge in [0, 0.05) is 5.69 Å². The van der Waals surface area contributed by atoms with E-state index in [4.69, 9.17) is 0 Å². The standard InChI is InChI=1S/C21H26N2O2/c1-2-3-5-8-17-11-13-19(14-12-17)23-21(25)16-22-20(24)15-18-9-6-4-7-10-18/h4,6-7,9-14H,2-3,5,8,15-16H2,1H3,(H,22,24)(H,23,25). The molecule has 0 heterocycles. The average Bonchev–Trinajstić information content (AvgIpc) is 2.63. The summed E-state index contributed by atoms with van der Waals surface area (Å²) in [6, 6.07) is 17.4. The highest BCUT2D eigenvalue weighted by atomic mass is 16.2. The number of carbonyl (C=O) groups is 2. The number of amides is 2. The SMILES string of the molecule is CCCCCc1ccc(NC(=O)CNC(=O)Cc2ccccc2)cc1. The molecule has 0 fully saturated rings. The van der Waals surface area contributed by atoms with Crippen molar-refractivity contribution < 1.29 is 9.59 Å². The van der Waals surface area contributed by atoms with Crippen molar-refractivity contribution in [1.82, 2.24) is 5.32 Å². The molecule has 2 N–H and O–H groups in total. The van der Waals surface area contributed by atoms with Crippen LogP contribution in [0.25, 0.3) is 0 Å². The molecule has 2 aromatic rings. The lowest BCUT2D eigenvalue weighted by atomic mass is 10.1. The summed E-state index contributed by atoms with van der Waals surface area (Å²) >= 11 is 0. The highest BCUT2D eigenvalue weighted by molar-refractivity contribution is 5.94. The molecule has 0 aliphatic carbocycles. The molecule has 0 aromatic heterocycles. The van der Waals surface area contributed by atoms with Gasteiger partial charge in [0.2, 0.25) is 11.8 Å². The van der Waals surface area contributed by atoms with Gasteiger partial charge >= 0.3 is 0 Å². The highest BCUT2D eigenvalue weighted by Crippen LogP contribution is 2.12. The van der Waals surface area contributed by atoms with Crippen LogP contribution in [0.5, 0.6) is 0 Å². The van der Waals surface area contributed by atoms with Crippen LogP contribution in [0.15, 0.2) is 54.6 Å². The van der Waals surface area contributed by atoms with Crippen molar-refractivity contribution in [3.63, 3.8) is 0 Å². The fourth-order valence-corrected chi connectivity index (χ4v) is 2.56. The Balaban J connectivity index is 1.71. The maximum atomic E-state index is 11.9. The Labute approximate surface area is 149 Å². The Morgan fingerprint density at radius 1 is 0.840 bits per heavy atom. The van der Waals surface area contributed by atoms with Crippen LogP contribution in [-0.2, 0) is 22.4 Å². The van der Waals surface area contributed by atoms with Crippen LogP contribution >= 0.6 is 0 Å². The Kier molecular flexibility index (Phi) is 7.70. The van der Waals surface area contributed by atoms with E-state index < -0.39 is 0 Å². The molecule has 132 valence electrons. The number of aryl methyl sites for hydroxylation is 1. The number of rotatable bonds is 9. The average molecular weight is 338 g/mol. The van der Waals surface area contributed by atoms with Gasteiger partial charge in [-0.05, 0) is 36.1 Å². The molecule has 2 aromatic carbocycles. The summed E-state index contributed by atoms with van der Waals surface area (Å²) in [5.74, 6) is -0.382. The molecule has 4 heteroatoms. The van der Waals surface area contributed by atoms with Gasteiger partial charge in [0.05, 0.1) is 13.0 Å². The van der Waals surface area contributed by atoms with Crippen molar-refractivity contribution in [3.05, 3.63) is 65.7 Å². The van der Waals surface area contributed by atoms with Gasteiger partial charge in [-0.15, -0.1) is 0 Å². The normalized spacial score (nSPS) is 10.3. The van der Waals surface area contributed by atoms with Crippen LogP contribution in [0.2, 0.25) is 0 Å². The molecule has 0 saturated carbocycles. The molecular weight excluding hydrogens is 312 g/mol. The van der Waals surface area contributed by atoms with Gasteiger partial charge in [0.1, 0.15) is 0 Å². The van der Waals surface area contributed by atoms with E-state index in [1.54, 1.807) is 0 Å².